The molecule has 3 aromatic rings. The van der Waals surface area contributed by atoms with E-state index in [1.165, 1.54) is 17.3 Å². The maximum absolute atomic E-state index is 12.8. The lowest BCUT2D eigenvalue weighted by Gasteiger charge is -2.23. The molecular weight excluding hydrogens is 484 g/mol. The second kappa shape index (κ2) is 10.6. The Kier molecular flexibility index (Phi) is 7.10. The van der Waals surface area contributed by atoms with Crippen LogP contribution in [-0.4, -0.2) is 40.1 Å². The molecule has 8 heteroatoms. The molecule has 2 unspecified atom stereocenters. The SMILES string of the molecule is COc1ccc(C2=NN(C3=NC(=O)C(CC(=O)Nc4cccc(C)c4)S3)C(c3ccc(C)cc3)C2)cc1. The number of carbonyl (C=O) groups is 2. The quantitative estimate of drug-likeness (QED) is 0.472. The summed E-state index contributed by atoms with van der Waals surface area (Å²) in [6.45, 7) is 4.02. The van der Waals surface area contributed by atoms with Crippen molar-refractivity contribution in [2.45, 2.75) is 38.0 Å². The number of methoxy groups -OCH3 is 1. The largest absolute Gasteiger partial charge is 0.497 e. The predicted molar refractivity (Wildman–Crippen MR) is 148 cm³/mol. The molecule has 2 aliphatic rings. The van der Waals surface area contributed by atoms with Crippen molar-refractivity contribution in [3.8, 4) is 5.75 Å². The van der Waals surface area contributed by atoms with Gasteiger partial charge in [0.25, 0.3) is 5.91 Å². The number of ether oxygens (including phenoxy) is 1. The summed E-state index contributed by atoms with van der Waals surface area (Å²) >= 11 is 1.30. The first-order valence-electron chi connectivity index (χ1n) is 12.1. The van der Waals surface area contributed by atoms with E-state index in [0.717, 1.165) is 28.2 Å². The molecule has 188 valence electrons. The standard InChI is InChI=1S/C29H28N4O3S/c1-18-7-9-21(10-8-18)25-16-24(20-11-13-23(36-3)14-12-20)32-33(25)29-31-28(35)26(37-29)17-27(34)30-22-6-4-5-19(2)15-22/h4-15,25-26H,16-17H2,1-3H3,(H,30,34). The molecule has 2 aliphatic heterocycles. The van der Waals surface area contributed by atoms with E-state index in [0.29, 0.717) is 17.3 Å². The van der Waals surface area contributed by atoms with Crippen molar-refractivity contribution in [1.82, 2.24) is 5.01 Å². The summed E-state index contributed by atoms with van der Waals surface area (Å²) in [6.07, 6.45) is 0.713. The van der Waals surface area contributed by atoms with Gasteiger partial charge in [0.15, 0.2) is 5.17 Å². The number of amides is 2. The molecule has 0 aliphatic carbocycles. The normalized spacial score (nSPS) is 19.0. The number of rotatable bonds is 6. The molecular formula is C29H28N4O3S. The van der Waals surface area contributed by atoms with Gasteiger partial charge in [-0.25, -0.2) is 5.01 Å². The molecule has 2 heterocycles. The van der Waals surface area contributed by atoms with E-state index in [1.54, 1.807) is 7.11 Å². The van der Waals surface area contributed by atoms with Gasteiger partial charge in [-0.05, 0) is 66.9 Å². The molecule has 7 nitrogen and oxygen atoms in total. The average Bonchev–Trinajstić information content (AvgIpc) is 3.48. The van der Waals surface area contributed by atoms with Crippen LogP contribution >= 0.6 is 11.8 Å². The molecule has 1 N–H and O–H groups in total. The van der Waals surface area contributed by atoms with Crippen molar-refractivity contribution in [3.05, 3.63) is 95.1 Å². The van der Waals surface area contributed by atoms with Crippen LogP contribution in [0, 0.1) is 13.8 Å². The lowest BCUT2D eigenvalue weighted by Crippen LogP contribution is -2.25. The number of nitrogens with one attached hydrogen (secondary N) is 1. The summed E-state index contributed by atoms with van der Waals surface area (Å²) in [6, 6.07) is 23.6. The van der Waals surface area contributed by atoms with Crippen molar-refractivity contribution >= 4 is 40.1 Å². The molecule has 0 aromatic heterocycles. The topological polar surface area (TPSA) is 83.4 Å². The van der Waals surface area contributed by atoms with Crippen molar-refractivity contribution in [3.63, 3.8) is 0 Å². The maximum Gasteiger partial charge on any atom is 0.262 e. The van der Waals surface area contributed by atoms with E-state index < -0.39 is 5.25 Å². The van der Waals surface area contributed by atoms with Gasteiger partial charge in [0.1, 0.15) is 11.0 Å². The highest BCUT2D eigenvalue weighted by Gasteiger charge is 2.39. The highest BCUT2D eigenvalue weighted by atomic mass is 32.2. The minimum Gasteiger partial charge on any atom is -0.497 e. The van der Waals surface area contributed by atoms with Crippen LogP contribution in [0.2, 0.25) is 0 Å². The Hall–Kier alpha value is -3.91. The first kappa shape index (κ1) is 24.8. The van der Waals surface area contributed by atoms with Gasteiger partial charge in [0.2, 0.25) is 5.91 Å². The molecule has 0 saturated heterocycles. The monoisotopic (exact) mass is 512 g/mol. The van der Waals surface area contributed by atoms with Gasteiger partial charge in [-0.3, -0.25) is 9.59 Å². The number of nitrogens with zero attached hydrogens (tertiary/aromatic N) is 3. The Balaban J connectivity index is 1.35. The minimum atomic E-state index is -0.585. The lowest BCUT2D eigenvalue weighted by atomic mass is 9.98. The second-order valence-electron chi connectivity index (χ2n) is 9.21. The van der Waals surface area contributed by atoms with Crippen LogP contribution in [0.5, 0.6) is 5.75 Å². The van der Waals surface area contributed by atoms with Gasteiger partial charge in [0.05, 0.1) is 18.9 Å². The smallest absolute Gasteiger partial charge is 0.262 e. The lowest BCUT2D eigenvalue weighted by molar-refractivity contribution is -0.121. The predicted octanol–water partition coefficient (Wildman–Crippen LogP) is 5.49. The molecule has 0 spiro atoms. The van der Waals surface area contributed by atoms with Crippen LogP contribution in [0.25, 0.3) is 0 Å². The van der Waals surface area contributed by atoms with Crippen molar-refractivity contribution in [1.29, 1.82) is 0 Å². The summed E-state index contributed by atoms with van der Waals surface area (Å²) < 4.78 is 5.29. The average molecular weight is 513 g/mol. The molecule has 37 heavy (non-hydrogen) atoms. The molecule has 2 amide bonds. The molecule has 5 rings (SSSR count). The zero-order valence-electron chi connectivity index (χ0n) is 21.0. The van der Waals surface area contributed by atoms with Crippen LogP contribution in [0.3, 0.4) is 0 Å². The summed E-state index contributed by atoms with van der Waals surface area (Å²) in [4.78, 5) is 29.8. The van der Waals surface area contributed by atoms with E-state index in [-0.39, 0.29) is 24.3 Å². The van der Waals surface area contributed by atoms with Gasteiger partial charge >= 0.3 is 0 Å². The molecule has 0 fully saturated rings. The van der Waals surface area contributed by atoms with E-state index in [4.69, 9.17) is 9.84 Å². The van der Waals surface area contributed by atoms with Gasteiger partial charge in [-0.15, -0.1) is 0 Å². The number of aliphatic imine (C=N–C) groups is 1. The summed E-state index contributed by atoms with van der Waals surface area (Å²) in [5.41, 5.74) is 5.93. The number of hydrogen-bond acceptors (Lipinski definition) is 6. The Bertz CT molecular complexity index is 1380. The third-order valence-electron chi connectivity index (χ3n) is 6.39. The van der Waals surface area contributed by atoms with Crippen LogP contribution in [-0.2, 0) is 9.59 Å². The van der Waals surface area contributed by atoms with E-state index in [1.807, 2.05) is 60.5 Å². The fraction of sp³-hybridized carbons (Fsp3) is 0.241. The van der Waals surface area contributed by atoms with Gasteiger partial charge in [0, 0.05) is 18.5 Å². The highest BCUT2D eigenvalue weighted by Crippen LogP contribution is 2.38. The van der Waals surface area contributed by atoms with E-state index in [2.05, 4.69) is 41.5 Å². The van der Waals surface area contributed by atoms with Gasteiger partial charge in [-0.1, -0.05) is 53.7 Å². The van der Waals surface area contributed by atoms with E-state index >= 15 is 0 Å². The van der Waals surface area contributed by atoms with Crippen molar-refractivity contribution in [2.75, 3.05) is 12.4 Å². The molecule has 0 radical (unpaired) electrons. The van der Waals surface area contributed by atoms with Crippen LogP contribution in [0.15, 0.2) is 82.9 Å². The van der Waals surface area contributed by atoms with Gasteiger partial charge in [-0.2, -0.15) is 10.1 Å². The van der Waals surface area contributed by atoms with Crippen molar-refractivity contribution in [2.24, 2.45) is 10.1 Å². The summed E-state index contributed by atoms with van der Waals surface area (Å²) in [7, 11) is 1.64. The molecule has 0 bridgehead atoms. The number of hydrazone groups is 1. The number of thioether (sulfide) groups is 1. The minimum absolute atomic E-state index is 0.0442. The molecule has 0 saturated carbocycles. The zero-order chi connectivity index (χ0) is 25.9. The zero-order valence-corrected chi connectivity index (χ0v) is 21.8. The highest BCUT2D eigenvalue weighted by molar-refractivity contribution is 8.15. The molecule has 3 aromatic carbocycles. The second-order valence-corrected chi connectivity index (χ2v) is 10.4. The number of benzene rings is 3. The number of aryl methyl sites for hydroxylation is 2. The number of hydrogen-bond donors (Lipinski definition) is 1. The third kappa shape index (κ3) is 5.59. The molecule has 2 atom stereocenters. The van der Waals surface area contributed by atoms with Crippen LogP contribution in [0.4, 0.5) is 5.69 Å². The number of amidine groups is 1. The van der Waals surface area contributed by atoms with Crippen LogP contribution in [0.1, 0.15) is 41.1 Å². The van der Waals surface area contributed by atoms with Crippen molar-refractivity contribution < 1.29 is 14.3 Å². The Morgan fingerprint density at radius 1 is 1.05 bits per heavy atom. The van der Waals surface area contributed by atoms with E-state index in [9.17, 15) is 9.59 Å². The number of anilines is 1. The third-order valence-corrected chi connectivity index (χ3v) is 7.54. The maximum atomic E-state index is 12.8. The summed E-state index contributed by atoms with van der Waals surface area (Å²) in [5.74, 6) is 0.254. The first-order valence-corrected chi connectivity index (χ1v) is 13.0. The van der Waals surface area contributed by atoms with Gasteiger partial charge < -0.3 is 10.1 Å². The Morgan fingerprint density at radius 2 is 1.81 bits per heavy atom. The Morgan fingerprint density at radius 3 is 2.51 bits per heavy atom. The fourth-order valence-electron chi connectivity index (χ4n) is 4.40. The number of carbonyl (C=O) groups excluding carboxylic acids is 2. The summed E-state index contributed by atoms with van der Waals surface area (Å²) in [5, 5.41) is 9.57. The Labute approximate surface area is 220 Å². The van der Waals surface area contributed by atoms with Crippen LogP contribution < -0.4 is 10.1 Å². The fourth-order valence-corrected chi connectivity index (χ4v) is 5.46. The first-order chi connectivity index (χ1) is 17.9.